The van der Waals surface area contributed by atoms with Crippen molar-refractivity contribution >= 4 is 17.8 Å². The maximum absolute atomic E-state index is 11.0. The molecule has 0 aliphatic heterocycles. The van der Waals surface area contributed by atoms with E-state index in [1.807, 2.05) is 0 Å². The Hall–Kier alpha value is -1.63. The lowest BCUT2D eigenvalue weighted by atomic mass is 10.2. The van der Waals surface area contributed by atoms with Crippen molar-refractivity contribution in [1.82, 2.24) is 5.32 Å². The van der Waals surface area contributed by atoms with Crippen LogP contribution in [0.3, 0.4) is 0 Å². The second kappa shape index (κ2) is 5.18. The van der Waals surface area contributed by atoms with Gasteiger partial charge in [0.1, 0.15) is 12.1 Å². The van der Waals surface area contributed by atoms with Crippen molar-refractivity contribution in [1.29, 1.82) is 0 Å². The van der Waals surface area contributed by atoms with E-state index in [0.717, 1.165) is 0 Å². The number of carbonyl (C=O) groups is 3. The maximum atomic E-state index is 11.0. The van der Waals surface area contributed by atoms with Gasteiger partial charge < -0.3 is 21.3 Å². The highest BCUT2D eigenvalue weighted by Gasteiger charge is 2.19. The van der Waals surface area contributed by atoms with Gasteiger partial charge in [-0.05, 0) is 6.92 Å². The Morgan fingerprint density at radius 1 is 1.29 bits per heavy atom. The molecule has 14 heavy (non-hydrogen) atoms. The van der Waals surface area contributed by atoms with E-state index in [-0.39, 0.29) is 0 Å². The standard InChI is InChI=1S/C7H12N2O5/c1-3(6(11)12)9-5(10)2-4(8)7(13)14/h3-4H,2,8H2,1H3,(H,9,10)(H,11,12)(H,13,14)/t3?,4-/m0/s1. The molecular weight excluding hydrogens is 192 g/mol. The SMILES string of the molecule is CC(NC(=O)C[C@H](N)C(=O)O)C(=O)O. The first kappa shape index (κ1) is 12.4. The van der Waals surface area contributed by atoms with Crippen molar-refractivity contribution in [2.24, 2.45) is 5.73 Å². The van der Waals surface area contributed by atoms with Gasteiger partial charge in [-0.2, -0.15) is 0 Å². The van der Waals surface area contributed by atoms with E-state index >= 15 is 0 Å². The monoisotopic (exact) mass is 204 g/mol. The Kier molecular flexibility index (Phi) is 4.57. The number of nitrogens with two attached hydrogens (primary N) is 1. The third-order valence-electron chi connectivity index (χ3n) is 1.47. The number of nitrogens with one attached hydrogen (secondary N) is 1. The maximum Gasteiger partial charge on any atom is 0.325 e. The molecule has 7 nitrogen and oxygen atoms in total. The van der Waals surface area contributed by atoms with Gasteiger partial charge in [0, 0.05) is 0 Å². The smallest absolute Gasteiger partial charge is 0.325 e. The molecule has 0 saturated carbocycles. The number of carbonyl (C=O) groups excluding carboxylic acids is 1. The third-order valence-corrected chi connectivity index (χ3v) is 1.47. The van der Waals surface area contributed by atoms with E-state index in [4.69, 9.17) is 15.9 Å². The molecule has 1 amide bonds. The fourth-order valence-electron chi connectivity index (χ4n) is 0.649. The fraction of sp³-hybridized carbons (Fsp3) is 0.571. The van der Waals surface area contributed by atoms with Crippen molar-refractivity contribution < 1.29 is 24.6 Å². The summed E-state index contributed by atoms with van der Waals surface area (Å²) in [6.45, 7) is 1.27. The Labute approximate surface area is 79.9 Å². The molecule has 0 radical (unpaired) electrons. The van der Waals surface area contributed by atoms with Crippen molar-refractivity contribution in [3.63, 3.8) is 0 Å². The zero-order chi connectivity index (χ0) is 11.3. The molecule has 2 atom stereocenters. The van der Waals surface area contributed by atoms with Crippen LogP contribution in [0.15, 0.2) is 0 Å². The summed E-state index contributed by atoms with van der Waals surface area (Å²) in [6, 6.07) is -2.36. The number of carboxylic acid groups (broad SMARTS) is 2. The summed E-state index contributed by atoms with van der Waals surface area (Å²) in [6.07, 6.45) is -0.438. The molecule has 0 rings (SSSR count). The Bertz CT molecular complexity index is 228. The van der Waals surface area contributed by atoms with Crippen molar-refractivity contribution in [3.05, 3.63) is 0 Å². The third kappa shape index (κ3) is 4.41. The number of rotatable bonds is 5. The van der Waals surface area contributed by atoms with Crippen LogP contribution < -0.4 is 11.1 Å². The van der Waals surface area contributed by atoms with E-state index in [9.17, 15) is 14.4 Å². The van der Waals surface area contributed by atoms with E-state index in [2.05, 4.69) is 5.32 Å². The number of amides is 1. The average Bonchev–Trinajstić information content (AvgIpc) is 2.03. The molecule has 5 N–H and O–H groups in total. The van der Waals surface area contributed by atoms with E-state index < -0.39 is 36.4 Å². The van der Waals surface area contributed by atoms with Crippen LogP contribution >= 0.6 is 0 Å². The van der Waals surface area contributed by atoms with Crippen LogP contribution in [0.2, 0.25) is 0 Å². The number of hydrogen-bond donors (Lipinski definition) is 4. The van der Waals surface area contributed by atoms with Crippen LogP contribution in [0.25, 0.3) is 0 Å². The van der Waals surface area contributed by atoms with Crippen molar-refractivity contribution in [2.45, 2.75) is 25.4 Å². The second-order valence-corrected chi connectivity index (χ2v) is 2.78. The topological polar surface area (TPSA) is 130 Å². The molecule has 80 valence electrons. The largest absolute Gasteiger partial charge is 0.480 e. The van der Waals surface area contributed by atoms with Crippen LogP contribution in [0.5, 0.6) is 0 Å². The number of aliphatic carboxylic acids is 2. The van der Waals surface area contributed by atoms with E-state index in [1.54, 1.807) is 0 Å². The second-order valence-electron chi connectivity index (χ2n) is 2.78. The zero-order valence-corrected chi connectivity index (χ0v) is 7.56. The van der Waals surface area contributed by atoms with Crippen molar-refractivity contribution in [3.8, 4) is 0 Å². The van der Waals surface area contributed by atoms with Crippen molar-refractivity contribution in [2.75, 3.05) is 0 Å². The molecule has 0 spiro atoms. The molecule has 1 unspecified atom stereocenters. The van der Waals surface area contributed by atoms with Gasteiger partial charge >= 0.3 is 11.9 Å². The van der Waals surface area contributed by atoms with Crippen LogP contribution in [0.1, 0.15) is 13.3 Å². The zero-order valence-electron chi connectivity index (χ0n) is 7.56. The Balaban J connectivity index is 3.99. The summed E-state index contributed by atoms with van der Waals surface area (Å²) in [5.41, 5.74) is 5.06. The lowest BCUT2D eigenvalue weighted by molar-refractivity contribution is -0.142. The summed E-state index contributed by atoms with van der Waals surface area (Å²) in [5, 5.41) is 18.8. The normalized spacial score (nSPS) is 14.1. The van der Waals surface area contributed by atoms with Gasteiger partial charge in [0.05, 0.1) is 6.42 Å². The number of carboxylic acids is 2. The lowest BCUT2D eigenvalue weighted by Gasteiger charge is -2.10. The number of hydrogen-bond acceptors (Lipinski definition) is 4. The lowest BCUT2D eigenvalue weighted by Crippen LogP contribution is -2.42. The van der Waals surface area contributed by atoms with Crippen LogP contribution in [-0.2, 0) is 14.4 Å². The Morgan fingerprint density at radius 3 is 2.14 bits per heavy atom. The van der Waals surface area contributed by atoms with E-state index in [0.29, 0.717) is 0 Å². The summed E-state index contributed by atoms with van der Waals surface area (Å²) in [7, 11) is 0. The highest BCUT2D eigenvalue weighted by atomic mass is 16.4. The van der Waals surface area contributed by atoms with Crippen LogP contribution in [0.4, 0.5) is 0 Å². The summed E-state index contributed by atoms with van der Waals surface area (Å²) in [4.78, 5) is 31.5. The minimum absolute atomic E-state index is 0.438. The van der Waals surface area contributed by atoms with Gasteiger partial charge in [-0.3, -0.25) is 14.4 Å². The molecule has 0 aromatic carbocycles. The first-order valence-corrected chi connectivity index (χ1v) is 3.85. The molecular formula is C7H12N2O5. The molecule has 0 aliphatic carbocycles. The summed E-state index contributed by atoms with van der Waals surface area (Å²) >= 11 is 0. The van der Waals surface area contributed by atoms with Gasteiger partial charge in [-0.25, -0.2) is 0 Å². The Morgan fingerprint density at radius 2 is 1.79 bits per heavy atom. The quantitative estimate of drug-likeness (QED) is 0.425. The minimum Gasteiger partial charge on any atom is -0.480 e. The highest BCUT2D eigenvalue weighted by Crippen LogP contribution is 1.90. The molecule has 0 bridgehead atoms. The predicted molar refractivity (Wildman–Crippen MR) is 45.5 cm³/mol. The van der Waals surface area contributed by atoms with Gasteiger partial charge in [0.15, 0.2) is 0 Å². The summed E-state index contributed by atoms with van der Waals surface area (Å²) in [5.74, 6) is -3.19. The molecule has 0 heterocycles. The molecule has 7 heteroatoms. The average molecular weight is 204 g/mol. The molecule has 0 saturated heterocycles. The van der Waals surface area contributed by atoms with E-state index in [1.165, 1.54) is 6.92 Å². The first-order chi connectivity index (χ1) is 6.34. The minimum atomic E-state index is -1.31. The molecule has 0 aromatic rings. The summed E-state index contributed by atoms with van der Waals surface area (Å²) < 4.78 is 0. The molecule has 0 fully saturated rings. The fourth-order valence-corrected chi connectivity index (χ4v) is 0.649. The molecule has 0 aliphatic rings. The predicted octanol–water partition coefficient (Wildman–Crippen LogP) is -1.62. The highest BCUT2D eigenvalue weighted by molar-refractivity contribution is 5.87. The first-order valence-electron chi connectivity index (χ1n) is 3.85. The van der Waals surface area contributed by atoms with Gasteiger partial charge in [0.25, 0.3) is 0 Å². The van der Waals surface area contributed by atoms with Gasteiger partial charge in [-0.15, -0.1) is 0 Å². The van der Waals surface area contributed by atoms with Gasteiger partial charge in [0.2, 0.25) is 5.91 Å². The molecule has 0 aromatic heterocycles. The van der Waals surface area contributed by atoms with Gasteiger partial charge in [-0.1, -0.05) is 0 Å². The van der Waals surface area contributed by atoms with Crippen LogP contribution in [-0.4, -0.2) is 40.1 Å². The van der Waals surface area contributed by atoms with Crippen LogP contribution in [0, 0.1) is 0 Å².